The number of rotatable bonds is 6. The van der Waals surface area contributed by atoms with Crippen LogP contribution in [0.15, 0.2) is 40.1 Å². The Bertz CT molecular complexity index is 878. The molecule has 3 rings (SSSR count). The minimum absolute atomic E-state index is 0.111. The maximum atomic E-state index is 12.3. The lowest BCUT2D eigenvalue weighted by Gasteiger charge is -2.21. The lowest BCUT2D eigenvalue weighted by Crippen LogP contribution is -2.32. The highest BCUT2D eigenvalue weighted by molar-refractivity contribution is 7.13. The van der Waals surface area contributed by atoms with Gasteiger partial charge < -0.3 is 9.73 Å². The molecule has 2 heterocycles. The Hall–Kier alpha value is -1.93. The summed E-state index contributed by atoms with van der Waals surface area (Å²) < 4.78 is 5.72. The molecule has 136 valence electrons. The lowest BCUT2D eigenvalue weighted by atomic mass is 10.3. The second-order valence-electron chi connectivity index (χ2n) is 5.66. The second-order valence-corrected chi connectivity index (χ2v) is 7.42. The van der Waals surface area contributed by atoms with Crippen molar-refractivity contribution in [1.82, 2.24) is 15.1 Å². The number of hydrogen-bond acceptors (Lipinski definition) is 6. The fourth-order valence-corrected chi connectivity index (χ4v) is 3.39. The summed E-state index contributed by atoms with van der Waals surface area (Å²) in [5.41, 5.74) is 0.402. The Balaban J connectivity index is 1.64. The number of nitrogens with one attached hydrogen (secondary N) is 1. The zero-order chi connectivity index (χ0) is 18.7. The number of benzene rings is 1. The minimum atomic E-state index is -0.243. The third kappa shape index (κ3) is 4.24. The van der Waals surface area contributed by atoms with Gasteiger partial charge in [-0.3, -0.25) is 9.69 Å². The largest absolute Gasteiger partial charge is 0.418 e. The number of anilines is 1. The van der Waals surface area contributed by atoms with E-state index < -0.39 is 0 Å². The molecule has 0 aliphatic heterocycles. The zero-order valence-electron chi connectivity index (χ0n) is 14.1. The molecule has 9 heteroatoms. The van der Waals surface area contributed by atoms with Crippen LogP contribution < -0.4 is 5.32 Å². The summed E-state index contributed by atoms with van der Waals surface area (Å²) in [6.45, 7) is 2.00. The number of thiophene rings is 1. The van der Waals surface area contributed by atoms with Crippen molar-refractivity contribution < 1.29 is 9.21 Å². The fraction of sp³-hybridized carbons (Fsp3) is 0.235. The van der Waals surface area contributed by atoms with E-state index in [1.807, 2.05) is 24.4 Å². The van der Waals surface area contributed by atoms with Gasteiger partial charge in [0.1, 0.15) is 0 Å². The van der Waals surface area contributed by atoms with Crippen LogP contribution in [0.25, 0.3) is 10.8 Å². The third-order valence-corrected chi connectivity index (χ3v) is 5.30. The molecule has 0 saturated heterocycles. The summed E-state index contributed by atoms with van der Waals surface area (Å²) >= 11 is 13.7. The van der Waals surface area contributed by atoms with Gasteiger partial charge in [-0.15, -0.1) is 21.5 Å². The first kappa shape index (κ1) is 18.8. The van der Waals surface area contributed by atoms with Gasteiger partial charge in [0.2, 0.25) is 11.8 Å². The molecule has 1 N–H and O–H groups in total. The molecule has 1 amide bonds. The number of halogens is 2. The summed E-state index contributed by atoms with van der Waals surface area (Å²) in [7, 11) is 1.80. The van der Waals surface area contributed by atoms with Crippen molar-refractivity contribution in [3.8, 4) is 10.8 Å². The molecule has 6 nitrogen and oxygen atoms in total. The molecule has 0 aliphatic carbocycles. The van der Waals surface area contributed by atoms with Gasteiger partial charge in [-0.05, 0) is 37.6 Å². The van der Waals surface area contributed by atoms with Crippen molar-refractivity contribution in [3.05, 3.63) is 51.6 Å². The molecular weight excluding hydrogens is 395 g/mol. The van der Waals surface area contributed by atoms with Crippen LogP contribution in [0.4, 0.5) is 5.69 Å². The number of aromatic nitrogens is 2. The molecule has 0 saturated carbocycles. The summed E-state index contributed by atoms with van der Waals surface area (Å²) in [6.07, 6.45) is 0. The maximum Gasteiger partial charge on any atom is 0.257 e. The van der Waals surface area contributed by atoms with E-state index in [1.165, 1.54) is 11.3 Å². The van der Waals surface area contributed by atoms with Gasteiger partial charge in [-0.1, -0.05) is 35.3 Å². The third-order valence-electron chi connectivity index (χ3n) is 3.81. The van der Waals surface area contributed by atoms with Crippen LogP contribution in [0.3, 0.4) is 0 Å². The number of hydrogen-bond donors (Lipinski definition) is 1. The molecular formula is C17H16Cl2N4O2S. The van der Waals surface area contributed by atoms with Gasteiger partial charge in [-0.2, -0.15) is 0 Å². The molecule has 0 spiro atoms. The monoisotopic (exact) mass is 410 g/mol. The van der Waals surface area contributed by atoms with Crippen LogP contribution in [0.2, 0.25) is 10.0 Å². The predicted molar refractivity (Wildman–Crippen MR) is 104 cm³/mol. The Morgan fingerprint density at radius 1 is 1.27 bits per heavy atom. The van der Waals surface area contributed by atoms with Crippen LogP contribution in [0.5, 0.6) is 0 Å². The van der Waals surface area contributed by atoms with Crippen LogP contribution in [0, 0.1) is 0 Å². The number of amides is 1. The van der Waals surface area contributed by atoms with Gasteiger partial charge in [0.25, 0.3) is 5.89 Å². The topological polar surface area (TPSA) is 71.3 Å². The van der Waals surface area contributed by atoms with Crippen molar-refractivity contribution in [3.63, 3.8) is 0 Å². The lowest BCUT2D eigenvalue weighted by molar-refractivity contribution is -0.117. The average molecular weight is 411 g/mol. The second kappa shape index (κ2) is 8.18. The fourth-order valence-electron chi connectivity index (χ4n) is 2.25. The molecule has 3 aromatic rings. The summed E-state index contributed by atoms with van der Waals surface area (Å²) in [4.78, 5) is 15.0. The number of nitrogens with zero attached hydrogens (tertiary/aromatic N) is 3. The number of likely N-dealkylation sites (N-methyl/N-ethyl adjacent to an activating group) is 1. The smallest absolute Gasteiger partial charge is 0.257 e. The highest BCUT2D eigenvalue weighted by Crippen LogP contribution is 2.30. The summed E-state index contributed by atoms with van der Waals surface area (Å²) in [5, 5.41) is 13.6. The summed E-state index contributed by atoms with van der Waals surface area (Å²) in [5.74, 6) is 0.675. The van der Waals surface area contributed by atoms with Crippen LogP contribution in [0.1, 0.15) is 18.9 Å². The van der Waals surface area contributed by atoms with Crippen molar-refractivity contribution in [2.24, 2.45) is 0 Å². The van der Waals surface area contributed by atoms with Crippen LogP contribution in [-0.4, -0.2) is 34.6 Å². The Morgan fingerprint density at radius 2 is 2.00 bits per heavy atom. The van der Waals surface area contributed by atoms with Crippen molar-refractivity contribution >= 4 is 46.1 Å². The van der Waals surface area contributed by atoms with Crippen LogP contribution >= 0.6 is 34.5 Å². The minimum Gasteiger partial charge on any atom is -0.418 e. The van der Waals surface area contributed by atoms with Crippen molar-refractivity contribution in [1.29, 1.82) is 0 Å². The molecule has 0 bridgehead atoms. The predicted octanol–water partition coefficient (Wildman–Crippen LogP) is 4.74. The van der Waals surface area contributed by atoms with Gasteiger partial charge in [0.15, 0.2) is 0 Å². The summed E-state index contributed by atoms with van der Waals surface area (Å²) in [6, 6.07) is 8.65. The van der Waals surface area contributed by atoms with E-state index in [4.69, 9.17) is 27.6 Å². The molecule has 0 aliphatic rings. The quantitative estimate of drug-likeness (QED) is 0.635. The first-order valence-corrected chi connectivity index (χ1v) is 9.40. The number of carbonyl (C=O) groups is 1. The van der Waals surface area contributed by atoms with E-state index in [0.717, 1.165) is 4.88 Å². The molecule has 26 heavy (non-hydrogen) atoms. The van der Waals surface area contributed by atoms with E-state index in [0.29, 0.717) is 27.5 Å². The van der Waals surface area contributed by atoms with E-state index in [9.17, 15) is 4.79 Å². The van der Waals surface area contributed by atoms with E-state index in [-0.39, 0.29) is 18.5 Å². The highest BCUT2D eigenvalue weighted by Gasteiger charge is 2.22. The number of para-hydroxylation sites is 1. The van der Waals surface area contributed by atoms with E-state index in [2.05, 4.69) is 15.5 Å². The van der Waals surface area contributed by atoms with E-state index in [1.54, 1.807) is 30.1 Å². The Morgan fingerprint density at radius 3 is 2.65 bits per heavy atom. The molecule has 1 aromatic carbocycles. The standard InChI is InChI=1S/C17H16Cl2N4O2S/c1-10(16-21-22-17(25-16)13-7-4-8-26-13)23(2)9-14(24)20-15-11(18)5-3-6-12(15)19/h3-8,10H,9H2,1-2H3,(H,20,24). The molecule has 0 radical (unpaired) electrons. The maximum absolute atomic E-state index is 12.3. The van der Waals surface area contributed by atoms with E-state index >= 15 is 0 Å². The van der Waals surface area contributed by atoms with Gasteiger partial charge in [-0.25, -0.2) is 0 Å². The van der Waals surface area contributed by atoms with Gasteiger partial charge >= 0.3 is 0 Å². The molecule has 1 atom stereocenters. The van der Waals surface area contributed by atoms with Gasteiger partial charge in [0, 0.05) is 0 Å². The molecule has 2 aromatic heterocycles. The first-order valence-electron chi connectivity index (χ1n) is 7.77. The molecule has 0 fully saturated rings. The van der Waals surface area contributed by atoms with Crippen molar-refractivity contribution in [2.75, 3.05) is 18.9 Å². The van der Waals surface area contributed by atoms with Crippen LogP contribution in [-0.2, 0) is 4.79 Å². The normalized spacial score (nSPS) is 12.3. The van der Waals surface area contributed by atoms with Gasteiger partial charge in [0.05, 0.1) is 33.2 Å². The highest BCUT2D eigenvalue weighted by atomic mass is 35.5. The Labute approximate surface area is 164 Å². The molecule has 1 unspecified atom stereocenters. The SMILES string of the molecule is CC(c1nnc(-c2cccs2)o1)N(C)CC(=O)Nc1c(Cl)cccc1Cl. The number of carbonyl (C=O) groups excluding carboxylic acids is 1. The Kier molecular flexibility index (Phi) is 5.93. The first-order chi connectivity index (χ1) is 12.5. The average Bonchev–Trinajstić information content (AvgIpc) is 3.28. The van der Waals surface area contributed by atoms with Crippen molar-refractivity contribution in [2.45, 2.75) is 13.0 Å². The zero-order valence-corrected chi connectivity index (χ0v) is 16.4.